The van der Waals surface area contributed by atoms with Crippen LogP contribution in [0.15, 0.2) is 57.9 Å². The predicted octanol–water partition coefficient (Wildman–Crippen LogP) is 3.88. The molecule has 2 aromatic rings. The monoisotopic (exact) mass is 392 g/mol. The summed E-state index contributed by atoms with van der Waals surface area (Å²) in [5.41, 5.74) is 1.28. The minimum absolute atomic E-state index is 0.0113. The summed E-state index contributed by atoms with van der Waals surface area (Å²) in [6.45, 7) is 0. The number of nitrogens with one attached hydrogen (secondary N) is 1. The maximum atomic E-state index is 12.5. The van der Waals surface area contributed by atoms with Gasteiger partial charge in [-0.3, -0.25) is 9.59 Å². The summed E-state index contributed by atoms with van der Waals surface area (Å²) in [5.74, 6) is 0.120. The zero-order valence-corrected chi connectivity index (χ0v) is 15.3. The lowest BCUT2D eigenvalue weighted by Gasteiger charge is -2.12. The fraction of sp³-hybridized carbons (Fsp3) is 0.176. The number of amides is 2. The minimum atomic E-state index is -0.191. The molecule has 23 heavy (non-hydrogen) atoms. The zero-order valence-electron chi connectivity index (χ0n) is 12.9. The molecule has 2 aromatic carbocycles. The summed E-state index contributed by atoms with van der Waals surface area (Å²) in [5, 5.41) is 2.87. The molecule has 0 aliphatic heterocycles. The number of halogens is 1. The highest BCUT2D eigenvalue weighted by atomic mass is 79.9. The van der Waals surface area contributed by atoms with Gasteiger partial charge in [0.2, 0.25) is 5.91 Å². The van der Waals surface area contributed by atoms with Gasteiger partial charge in [-0.15, -0.1) is 11.8 Å². The lowest BCUT2D eigenvalue weighted by atomic mass is 10.2. The van der Waals surface area contributed by atoms with E-state index in [9.17, 15) is 9.59 Å². The molecule has 0 spiro atoms. The number of hydrogen-bond donors (Lipinski definition) is 1. The SMILES string of the molecule is CN(C)C(=O)CSc1ccccc1C(=O)Nc1cccc(Br)c1. The van der Waals surface area contributed by atoms with Crippen molar-refractivity contribution < 1.29 is 9.59 Å². The third-order valence-corrected chi connectivity index (χ3v) is 4.62. The number of thioether (sulfide) groups is 1. The van der Waals surface area contributed by atoms with Gasteiger partial charge < -0.3 is 10.2 Å². The largest absolute Gasteiger partial charge is 0.348 e. The van der Waals surface area contributed by atoms with Crippen LogP contribution in [0, 0.1) is 0 Å². The summed E-state index contributed by atoms with van der Waals surface area (Å²) in [4.78, 5) is 26.5. The van der Waals surface area contributed by atoms with Gasteiger partial charge in [0.1, 0.15) is 0 Å². The van der Waals surface area contributed by atoms with Crippen LogP contribution in [0.1, 0.15) is 10.4 Å². The second-order valence-electron chi connectivity index (χ2n) is 5.04. The van der Waals surface area contributed by atoms with Crippen LogP contribution in [0.2, 0.25) is 0 Å². The molecule has 6 heteroatoms. The predicted molar refractivity (Wildman–Crippen MR) is 98.0 cm³/mol. The van der Waals surface area contributed by atoms with E-state index in [0.717, 1.165) is 9.37 Å². The van der Waals surface area contributed by atoms with Gasteiger partial charge in [-0.05, 0) is 30.3 Å². The second kappa shape index (κ2) is 8.17. The van der Waals surface area contributed by atoms with E-state index in [-0.39, 0.29) is 11.8 Å². The van der Waals surface area contributed by atoms with Gasteiger partial charge in [0, 0.05) is 29.2 Å². The van der Waals surface area contributed by atoms with Gasteiger partial charge in [-0.1, -0.05) is 34.1 Å². The van der Waals surface area contributed by atoms with Crippen molar-refractivity contribution in [3.05, 3.63) is 58.6 Å². The van der Waals surface area contributed by atoms with Crippen LogP contribution in [0.5, 0.6) is 0 Å². The number of rotatable bonds is 5. The van der Waals surface area contributed by atoms with Gasteiger partial charge in [0.25, 0.3) is 5.91 Å². The van der Waals surface area contributed by atoms with Crippen molar-refractivity contribution in [3.8, 4) is 0 Å². The Hall–Kier alpha value is -1.79. The zero-order chi connectivity index (χ0) is 16.8. The molecule has 0 aliphatic carbocycles. The smallest absolute Gasteiger partial charge is 0.256 e. The van der Waals surface area contributed by atoms with E-state index in [2.05, 4.69) is 21.2 Å². The molecule has 2 amide bonds. The van der Waals surface area contributed by atoms with Gasteiger partial charge in [-0.2, -0.15) is 0 Å². The Labute approximate surface area is 148 Å². The first-order valence-electron chi connectivity index (χ1n) is 6.96. The fourth-order valence-electron chi connectivity index (χ4n) is 1.81. The van der Waals surface area contributed by atoms with Crippen LogP contribution in [0.4, 0.5) is 5.69 Å². The lowest BCUT2D eigenvalue weighted by molar-refractivity contribution is -0.125. The molecule has 0 bridgehead atoms. The molecule has 2 rings (SSSR count). The van der Waals surface area contributed by atoms with Crippen molar-refractivity contribution in [1.29, 1.82) is 0 Å². The van der Waals surface area contributed by atoms with Gasteiger partial charge in [-0.25, -0.2) is 0 Å². The number of nitrogens with zero attached hydrogens (tertiary/aromatic N) is 1. The quantitative estimate of drug-likeness (QED) is 0.785. The van der Waals surface area contributed by atoms with E-state index in [1.54, 1.807) is 20.2 Å². The number of anilines is 1. The van der Waals surface area contributed by atoms with E-state index in [0.29, 0.717) is 17.0 Å². The van der Waals surface area contributed by atoms with E-state index in [1.807, 2.05) is 42.5 Å². The fourth-order valence-corrected chi connectivity index (χ4v) is 3.24. The van der Waals surface area contributed by atoms with Crippen molar-refractivity contribution in [1.82, 2.24) is 4.90 Å². The van der Waals surface area contributed by atoms with Crippen LogP contribution in [0.25, 0.3) is 0 Å². The first kappa shape index (κ1) is 17.6. The summed E-state index contributed by atoms with van der Waals surface area (Å²) < 4.78 is 0.898. The molecular weight excluding hydrogens is 376 g/mol. The molecule has 0 saturated carbocycles. The van der Waals surface area contributed by atoms with Crippen LogP contribution in [0.3, 0.4) is 0 Å². The van der Waals surface area contributed by atoms with Gasteiger partial charge >= 0.3 is 0 Å². The molecule has 0 fully saturated rings. The summed E-state index contributed by atoms with van der Waals surface area (Å²) in [6, 6.07) is 14.7. The highest BCUT2D eigenvalue weighted by Gasteiger charge is 2.13. The first-order valence-corrected chi connectivity index (χ1v) is 8.74. The van der Waals surface area contributed by atoms with E-state index in [1.165, 1.54) is 16.7 Å². The highest BCUT2D eigenvalue weighted by molar-refractivity contribution is 9.10. The maximum Gasteiger partial charge on any atom is 0.256 e. The summed E-state index contributed by atoms with van der Waals surface area (Å²) >= 11 is 4.74. The van der Waals surface area contributed by atoms with Crippen LogP contribution < -0.4 is 5.32 Å². The molecule has 0 aromatic heterocycles. The molecule has 1 N–H and O–H groups in total. The minimum Gasteiger partial charge on any atom is -0.348 e. The van der Waals surface area contributed by atoms with E-state index < -0.39 is 0 Å². The highest BCUT2D eigenvalue weighted by Crippen LogP contribution is 2.24. The van der Waals surface area contributed by atoms with Gasteiger partial charge in [0.15, 0.2) is 0 Å². The Morgan fingerprint density at radius 3 is 2.57 bits per heavy atom. The van der Waals surface area contributed by atoms with Crippen molar-refractivity contribution in [2.75, 3.05) is 25.2 Å². The Balaban J connectivity index is 2.12. The normalized spacial score (nSPS) is 10.2. The van der Waals surface area contributed by atoms with Crippen molar-refractivity contribution >= 4 is 45.2 Å². The molecule has 0 saturated heterocycles. The van der Waals surface area contributed by atoms with Gasteiger partial charge in [0.05, 0.1) is 11.3 Å². The summed E-state index contributed by atoms with van der Waals surface area (Å²) in [7, 11) is 3.43. The van der Waals surface area contributed by atoms with E-state index >= 15 is 0 Å². The van der Waals surface area contributed by atoms with Crippen LogP contribution >= 0.6 is 27.7 Å². The number of carbonyl (C=O) groups excluding carboxylic acids is 2. The second-order valence-corrected chi connectivity index (χ2v) is 6.97. The molecule has 0 radical (unpaired) electrons. The molecule has 0 aliphatic rings. The molecule has 0 atom stereocenters. The number of hydrogen-bond acceptors (Lipinski definition) is 3. The maximum absolute atomic E-state index is 12.5. The van der Waals surface area contributed by atoms with Crippen LogP contribution in [-0.4, -0.2) is 36.6 Å². The topological polar surface area (TPSA) is 49.4 Å². The standard InChI is InChI=1S/C17H17BrN2O2S/c1-20(2)16(21)11-23-15-9-4-3-8-14(15)17(22)19-13-7-5-6-12(18)10-13/h3-10H,11H2,1-2H3,(H,19,22). The average molecular weight is 393 g/mol. The Morgan fingerprint density at radius 1 is 1.13 bits per heavy atom. The number of carbonyl (C=O) groups is 2. The Bertz CT molecular complexity index is 719. The molecule has 120 valence electrons. The van der Waals surface area contributed by atoms with Crippen LogP contribution in [-0.2, 0) is 4.79 Å². The Kier molecular flexibility index (Phi) is 6.24. The summed E-state index contributed by atoms with van der Waals surface area (Å²) in [6.07, 6.45) is 0. The van der Waals surface area contributed by atoms with Crippen molar-refractivity contribution in [3.63, 3.8) is 0 Å². The number of benzene rings is 2. The molecule has 0 unspecified atom stereocenters. The third-order valence-electron chi connectivity index (χ3n) is 3.06. The molecule has 0 heterocycles. The average Bonchev–Trinajstić information content (AvgIpc) is 2.52. The molecular formula is C17H17BrN2O2S. The van der Waals surface area contributed by atoms with Crippen molar-refractivity contribution in [2.45, 2.75) is 4.90 Å². The lowest BCUT2D eigenvalue weighted by Crippen LogP contribution is -2.23. The van der Waals surface area contributed by atoms with E-state index in [4.69, 9.17) is 0 Å². The van der Waals surface area contributed by atoms with Crippen molar-refractivity contribution in [2.24, 2.45) is 0 Å². The third kappa shape index (κ3) is 5.11. The molecule has 4 nitrogen and oxygen atoms in total. The first-order chi connectivity index (χ1) is 11.0. The Morgan fingerprint density at radius 2 is 1.87 bits per heavy atom.